The third-order valence-corrected chi connectivity index (χ3v) is 2.91. The van der Waals surface area contributed by atoms with Gasteiger partial charge in [-0.05, 0) is 35.6 Å². The number of fused-ring (bicyclic) bond motifs is 1. The van der Waals surface area contributed by atoms with Gasteiger partial charge in [0.15, 0.2) is 0 Å². The first kappa shape index (κ1) is 9.53. The smallest absolute Gasteiger partial charge is 0.316 e. The van der Waals surface area contributed by atoms with Crippen LogP contribution in [-0.4, -0.2) is 23.4 Å². The second-order valence-electron chi connectivity index (χ2n) is 3.51. The van der Waals surface area contributed by atoms with Crippen LogP contribution >= 0.6 is 11.6 Å². The summed E-state index contributed by atoms with van der Waals surface area (Å²) in [5.74, 6) is 0. The summed E-state index contributed by atoms with van der Waals surface area (Å²) in [5, 5.41) is -0.335. The number of carbonyl (C=O) groups is 1. The Labute approximate surface area is 88.5 Å². The second kappa shape index (κ2) is 4.01. The lowest BCUT2D eigenvalue weighted by atomic mass is 10.0. The standard InChI is InChI=1S/C11H12ClNO/c12-11(14)13-7-5-9-3-1-2-4-10(9)6-8-13/h1-4H,5-8H2. The molecule has 0 aliphatic carbocycles. The molecule has 0 saturated heterocycles. The molecule has 74 valence electrons. The van der Waals surface area contributed by atoms with E-state index in [1.54, 1.807) is 4.90 Å². The van der Waals surface area contributed by atoms with Gasteiger partial charge in [-0.3, -0.25) is 4.79 Å². The van der Waals surface area contributed by atoms with Crippen LogP contribution < -0.4 is 0 Å². The van der Waals surface area contributed by atoms with Crippen molar-refractivity contribution in [2.75, 3.05) is 13.1 Å². The third-order valence-electron chi connectivity index (χ3n) is 2.67. The maximum absolute atomic E-state index is 11.0. The van der Waals surface area contributed by atoms with Crippen molar-refractivity contribution < 1.29 is 4.79 Å². The van der Waals surface area contributed by atoms with E-state index in [4.69, 9.17) is 11.6 Å². The summed E-state index contributed by atoms with van der Waals surface area (Å²) in [6.45, 7) is 1.47. The molecule has 1 amide bonds. The quantitative estimate of drug-likeness (QED) is 0.475. The van der Waals surface area contributed by atoms with E-state index in [1.807, 2.05) is 12.1 Å². The molecule has 1 aliphatic rings. The Morgan fingerprint density at radius 3 is 2.07 bits per heavy atom. The maximum Gasteiger partial charge on any atom is 0.316 e. The van der Waals surface area contributed by atoms with Gasteiger partial charge in [-0.25, -0.2) is 0 Å². The van der Waals surface area contributed by atoms with Crippen LogP contribution in [0.15, 0.2) is 24.3 Å². The van der Waals surface area contributed by atoms with Crippen molar-refractivity contribution in [3.05, 3.63) is 35.4 Å². The first-order valence-corrected chi connectivity index (χ1v) is 5.16. The molecule has 3 heteroatoms. The van der Waals surface area contributed by atoms with Crippen LogP contribution in [0.1, 0.15) is 11.1 Å². The van der Waals surface area contributed by atoms with Crippen molar-refractivity contribution in [2.24, 2.45) is 0 Å². The van der Waals surface area contributed by atoms with Crippen molar-refractivity contribution in [2.45, 2.75) is 12.8 Å². The van der Waals surface area contributed by atoms with Crippen LogP contribution in [-0.2, 0) is 12.8 Å². The molecular formula is C11H12ClNO. The van der Waals surface area contributed by atoms with E-state index in [9.17, 15) is 4.79 Å². The fourth-order valence-corrected chi connectivity index (χ4v) is 2.01. The lowest BCUT2D eigenvalue weighted by Gasteiger charge is -2.15. The molecule has 0 saturated carbocycles. The Morgan fingerprint density at radius 2 is 1.64 bits per heavy atom. The maximum atomic E-state index is 11.0. The zero-order chi connectivity index (χ0) is 9.97. The zero-order valence-corrected chi connectivity index (χ0v) is 8.63. The number of hydrogen-bond acceptors (Lipinski definition) is 1. The molecule has 2 nitrogen and oxygen atoms in total. The van der Waals surface area contributed by atoms with E-state index in [0.29, 0.717) is 0 Å². The van der Waals surface area contributed by atoms with Crippen LogP contribution in [0.25, 0.3) is 0 Å². The highest BCUT2D eigenvalue weighted by molar-refractivity contribution is 6.62. The lowest BCUT2D eigenvalue weighted by Crippen LogP contribution is -2.28. The fraction of sp³-hybridized carbons (Fsp3) is 0.364. The largest absolute Gasteiger partial charge is 0.329 e. The number of benzene rings is 1. The van der Waals surface area contributed by atoms with Gasteiger partial charge in [0.05, 0.1) is 0 Å². The summed E-state index contributed by atoms with van der Waals surface area (Å²) >= 11 is 5.46. The van der Waals surface area contributed by atoms with Crippen molar-refractivity contribution in [1.29, 1.82) is 0 Å². The van der Waals surface area contributed by atoms with Crippen molar-refractivity contribution in [3.63, 3.8) is 0 Å². The van der Waals surface area contributed by atoms with Crippen LogP contribution in [0, 0.1) is 0 Å². The highest BCUT2D eigenvalue weighted by atomic mass is 35.5. The normalized spacial score (nSPS) is 15.9. The topological polar surface area (TPSA) is 20.3 Å². The van der Waals surface area contributed by atoms with Gasteiger partial charge in [0.2, 0.25) is 0 Å². The summed E-state index contributed by atoms with van der Waals surface area (Å²) in [6, 6.07) is 8.32. The molecule has 0 unspecified atom stereocenters. The van der Waals surface area contributed by atoms with E-state index >= 15 is 0 Å². The molecule has 1 aliphatic heterocycles. The SMILES string of the molecule is O=C(Cl)N1CCc2ccccc2CC1. The number of nitrogens with zero attached hydrogens (tertiary/aromatic N) is 1. The van der Waals surface area contributed by atoms with Crippen LogP contribution in [0.4, 0.5) is 4.79 Å². The Morgan fingerprint density at radius 1 is 1.14 bits per heavy atom. The molecule has 0 radical (unpaired) electrons. The number of hydrogen-bond donors (Lipinski definition) is 0. The van der Waals surface area contributed by atoms with Gasteiger partial charge in [-0.2, -0.15) is 0 Å². The van der Waals surface area contributed by atoms with Gasteiger partial charge >= 0.3 is 5.37 Å². The Bertz CT molecular complexity index is 324. The van der Waals surface area contributed by atoms with Gasteiger partial charge in [0, 0.05) is 13.1 Å². The van der Waals surface area contributed by atoms with E-state index in [0.717, 1.165) is 25.9 Å². The minimum Gasteiger partial charge on any atom is -0.329 e. The summed E-state index contributed by atoms with van der Waals surface area (Å²) in [5.41, 5.74) is 2.68. The Hall–Kier alpha value is -1.02. The van der Waals surface area contributed by atoms with Crippen LogP contribution in [0.3, 0.4) is 0 Å². The van der Waals surface area contributed by atoms with Crippen molar-refractivity contribution >= 4 is 17.0 Å². The summed E-state index contributed by atoms with van der Waals surface area (Å²) < 4.78 is 0. The predicted molar refractivity (Wildman–Crippen MR) is 56.7 cm³/mol. The molecule has 2 rings (SSSR count). The summed E-state index contributed by atoms with van der Waals surface area (Å²) in [4.78, 5) is 12.7. The second-order valence-corrected chi connectivity index (χ2v) is 3.83. The van der Waals surface area contributed by atoms with Crippen molar-refractivity contribution in [1.82, 2.24) is 4.90 Å². The fourth-order valence-electron chi connectivity index (χ4n) is 1.84. The molecular weight excluding hydrogens is 198 g/mol. The molecule has 0 aromatic heterocycles. The van der Waals surface area contributed by atoms with E-state index in [-0.39, 0.29) is 5.37 Å². The first-order valence-electron chi connectivity index (χ1n) is 4.78. The number of halogens is 1. The molecule has 0 bridgehead atoms. The highest BCUT2D eigenvalue weighted by Crippen LogP contribution is 2.16. The molecule has 1 heterocycles. The lowest BCUT2D eigenvalue weighted by molar-refractivity contribution is 0.224. The number of carbonyl (C=O) groups excluding carboxylic acids is 1. The minimum atomic E-state index is -0.335. The minimum absolute atomic E-state index is 0.335. The monoisotopic (exact) mass is 209 g/mol. The Balaban J connectivity index is 2.18. The van der Waals surface area contributed by atoms with Gasteiger partial charge < -0.3 is 4.90 Å². The van der Waals surface area contributed by atoms with Crippen LogP contribution in [0.2, 0.25) is 0 Å². The first-order chi connectivity index (χ1) is 6.77. The number of rotatable bonds is 0. The molecule has 1 aromatic carbocycles. The molecule has 0 fully saturated rings. The van der Waals surface area contributed by atoms with Gasteiger partial charge in [0.25, 0.3) is 0 Å². The molecule has 0 spiro atoms. The molecule has 14 heavy (non-hydrogen) atoms. The van der Waals surface area contributed by atoms with E-state index in [2.05, 4.69) is 12.1 Å². The summed E-state index contributed by atoms with van der Waals surface area (Å²) in [6.07, 6.45) is 1.82. The van der Waals surface area contributed by atoms with Gasteiger partial charge in [0.1, 0.15) is 0 Å². The average molecular weight is 210 g/mol. The molecule has 1 aromatic rings. The van der Waals surface area contributed by atoms with Crippen LogP contribution in [0.5, 0.6) is 0 Å². The molecule has 0 N–H and O–H groups in total. The van der Waals surface area contributed by atoms with Gasteiger partial charge in [-0.15, -0.1) is 0 Å². The summed E-state index contributed by atoms with van der Waals surface area (Å²) in [7, 11) is 0. The number of amides is 1. The highest BCUT2D eigenvalue weighted by Gasteiger charge is 2.15. The molecule has 0 atom stereocenters. The van der Waals surface area contributed by atoms with E-state index < -0.39 is 0 Å². The van der Waals surface area contributed by atoms with Gasteiger partial charge in [-0.1, -0.05) is 24.3 Å². The zero-order valence-electron chi connectivity index (χ0n) is 7.87. The Kier molecular flexibility index (Phi) is 2.73. The average Bonchev–Trinajstić information content (AvgIpc) is 2.39. The van der Waals surface area contributed by atoms with E-state index in [1.165, 1.54) is 11.1 Å². The third kappa shape index (κ3) is 1.90. The van der Waals surface area contributed by atoms with Crippen molar-refractivity contribution in [3.8, 4) is 0 Å². The predicted octanol–water partition coefficient (Wildman–Crippen LogP) is 2.45.